The Bertz CT molecular complexity index is 456. The summed E-state index contributed by atoms with van der Waals surface area (Å²) in [5.41, 5.74) is 0.561. The van der Waals surface area contributed by atoms with Crippen molar-refractivity contribution in [3.8, 4) is 0 Å². The molecule has 2 rings (SSSR count). The van der Waals surface area contributed by atoms with E-state index in [4.69, 9.17) is 4.74 Å². The maximum atomic E-state index is 12.0. The van der Waals surface area contributed by atoms with Gasteiger partial charge in [-0.05, 0) is 38.8 Å². The topological polar surface area (TPSA) is 62.7 Å². The number of likely N-dealkylation sites (tertiary alicyclic amines) is 1. The van der Waals surface area contributed by atoms with Crippen molar-refractivity contribution in [1.82, 2.24) is 9.88 Å². The molecule has 0 radical (unpaired) electrons. The van der Waals surface area contributed by atoms with E-state index in [1.807, 2.05) is 32.9 Å². The van der Waals surface area contributed by atoms with Crippen molar-refractivity contribution in [1.29, 1.82) is 0 Å². The summed E-state index contributed by atoms with van der Waals surface area (Å²) in [5, 5.41) is 10.1. The summed E-state index contributed by atoms with van der Waals surface area (Å²) >= 11 is 0. The Balaban J connectivity index is 1.94. The number of β-amino-alcohol motifs (C(OH)–C–C–N with tert-alkyl or cyclic N) is 1. The van der Waals surface area contributed by atoms with E-state index in [9.17, 15) is 9.90 Å². The Morgan fingerprint density at radius 2 is 2.25 bits per heavy atom. The van der Waals surface area contributed by atoms with Crippen LogP contribution in [0.3, 0.4) is 0 Å². The highest BCUT2D eigenvalue weighted by molar-refractivity contribution is 5.68. The van der Waals surface area contributed by atoms with Crippen LogP contribution in [0.25, 0.3) is 0 Å². The molecule has 2 atom stereocenters. The van der Waals surface area contributed by atoms with Crippen LogP contribution >= 0.6 is 0 Å². The van der Waals surface area contributed by atoms with Gasteiger partial charge in [-0.3, -0.25) is 4.98 Å². The maximum Gasteiger partial charge on any atom is 0.410 e. The first kappa shape index (κ1) is 14.8. The molecule has 0 unspecified atom stereocenters. The number of aliphatic hydroxyl groups excluding tert-OH is 1. The van der Waals surface area contributed by atoms with Gasteiger partial charge in [-0.1, -0.05) is 6.07 Å². The number of carbonyl (C=O) groups excluding carboxylic acids is 1. The molecule has 1 aliphatic heterocycles. The second kappa shape index (κ2) is 5.79. The second-order valence-electron chi connectivity index (χ2n) is 6.28. The molecule has 5 nitrogen and oxygen atoms in total. The van der Waals surface area contributed by atoms with Crippen molar-refractivity contribution in [3.63, 3.8) is 0 Å². The van der Waals surface area contributed by atoms with Crippen LogP contribution in [0.4, 0.5) is 4.79 Å². The highest BCUT2D eigenvalue weighted by Crippen LogP contribution is 2.23. The molecule has 1 aromatic heterocycles. The highest BCUT2D eigenvalue weighted by Gasteiger charge is 2.35. The lowest BCUT2D eigenvalue weighted by Gasteiger charge is -2.24. The first-order chi connectivity index (χ1) is 9.35. The lowest BCUT2D eigenvalue weighted by atomic mass is 9.98. The number of pyridine rings is 1. The lowest BCUT2D eigenvalue weighted by Crippen LogP contribution is -2.35. The summed E-state index contributed by atoms with van der Waals surface area (Å²) < 4.78 is 5.33. The minimum Gasteiger partial charge on any atom is -0.444 e. The van der Waals surface area contributed by atoms with Gasteiger partial charge in [0.25, 0.3) is 0 Å². The Labute approximate surface area is 119 Å². The normalized spacial score (nSPS) is 22.9. The molecule has 1 saturated heterocycles. The molecule has 2 heterocycles. The number of aromatic nitrogens is 1. The summed E-state index contributed by atoms with van der Waals surface area (Å²) in [6, 6.07) is 3.86. The van der Waals surface area contributed by atoms with Crippen molar-refractivity contribution < 1.29 is 14.6 Å². The van der Waals surface area contributed by atoms with Gasteiger partial charge in [-0.15, -0.1) is 0 Å². The minimum absolute atomic E-state index is 0.0340. The van der Waals surface area contributed by atoms with E-state index in [0.717, 1.165) is 5.56 Å². The Kier molecular flexibility index (Phi) is 4.28. The smallest absolute Gasteiger partial charge is 0.410 e. The van der Waals surface area contributed by atoms with Gasteiger partial charge in [0.15, 0.2) is 0 Å². The van der Waals surface area contributed by atoms with E-state index in [1.54, 1.807) is 17.3 Å². The van der Waals surface area contributed by atoms with Gasteiger partial charge in [-0.2, -0.15) is 0 Å². The van der Waals surface area contributed by atoms with Gasteiger partial charge in [0.1, 0.15) is 5.60 Å². The number of hydrogen-bond acceptors (Lipinski definition) is 4. The Morgan fingerprint density at radius 1 is 1.50 bits per heavy atom. The summed E-state index contributed by atoms with van der Waals surface area (Å²) in [4.78, 5) is 17.6. The molecule has 5 heteroatoms. The van der Waals surface area contributed by atoms with E-state index in [-0.39, 0.29) is 12.0 Å². The molecule has 1 fully saturated rings. The van der Waals surface area contributed by atoms with Crippen LogP contribution in [0.5, 0.6) is 0 Å². The fourth-order valence-corrected chi connectivity index (χ4v) is 2.35. The summed E-state index contributed by atoms with van der Waals surface area (Å²) in [7, 11) is 0. The fraction of sp³-hybridized carbons (Fsp3) is 0.600. The van der Waals surface area contributed by atoms with Gasteiger partial charge in [0, 0.05) is 24.9 Å². The first-order valence-corrected chi connectivity index (χ1v) is 6.90. The molecule has 110 valence electrons. The Morgan fingerprint density at radius 3 is 2.85 bits per heavy atom. The summed E-state index contributed by atoms with van der Waals surface area (Å²) in [5.74, 6) is 0.0340. The fourth-order valence-electron chi connectivity index (χ4n) is 2.35. The van der Waals surface area contributed by atoms with Crippen molar-refractivity contribution in [2.45, 2.75) is 38.9 Å². The summed E-state index contributed by atoms with van der Waals surface area (Å²) in [6.07, 6.45) is 3.37. The molecule has 0 saturated carbocycles. The van der Waals surface area contributed by atoms with Crippen LogP contribution in [0.1, 0.15) is 26.3 Å². The van der Waals surface area contributed by atoms with Crippen molar-refractivity contribution in [2.75, 3.05) is 13.1 Å². The molecule has 0 spiro atoms. The molecule has 20 heavy (non-hydrogen) atoms. The molecule has 1 N–H and O–H groups in total. The Hall–Kier alpha value is -1.62. The van der Waals surface area contributed by atoms with Gasteiger partial charge >= 0.3 is 6.09 Å². The zero-order valence-corrected chi connectivity index (χ0v) is 12.2. The molecule has 0 aromatic carbocycles. The van der Waals surface area contributed by atoms with E-state index in [2.05, 4.69) is 4.98 Å². The van der Waals surface area contributed by atoms with Gasteiger partial charge in [0.05, 0.1) is 12.6 Å². The average Bonchev–Trinajstić information content (AvgIpc) is 2.70. The zero-order chi connectivity index (χ0) is 14.8. The predicted octanol–water partition coefficient (Wildman–Crippen LogP) is 1.85. The summed E-state index contributed by atoms with van der Waals surface area (Å²) in [6.45, 7) is 6.37. The standard InChI is InChI=1S/C15H22N2O3/c1-15(2,3)20-14(19)17-9-12(13(18)10-17)7-11-5-4-6-16-8-11/h4-6,8,12-13,18H,7,9-10H2,1-3H3/t12-,13-/m1/s1. The number of aliphatic hydroxyl groups is 1. The monoisotopic (exact) mass is 278 g/mol. The number of hydrogen-bond donors (Lipinski definition) is 1. The third-order valence-corrected chi connectivity index (χ3v) is 3.28. The molecular formula is C15H22N2O3. The quantitative estimate of drug-likeness (QED) is 0.897. The predicted molar refractivity (Wildman–Crippen MR) is 75.2 cm³/mol. The van der Waals surface area contributed by atoms with Gasteiger partial charge in [-0.25, -0.2) is 4.79 Å². The highest BCUT2D eigenvalue weighted by atomic mass is 16.6. The van der Waals surface area contributed by atoms with Crippen LogP contribution in [0, 0.1) is 5.92 Å². The van der Waals surface area contributed by atoms with E-state index in [1.165, 1.54) is 0 Å². The SMILES string of the molecule is CC(C)(C)OC(=O)N1C[C@@H](Cc2cccnc2)[C@H](O)C1. The zero-order valence-electron chi connectivity index (χ0n) is 12.2. The van der Waals surface area contributed by atoms with E-state index >= 15 is 0 Å². The third-order valence-electron chi connectivity index (χ3n) is 3.28. The van der Waals surface area contributed by atoms with E-state index < -0.39 is 11.7 Å². The molecule has 1 aromatic rings. The number of ether oxygens (including phenoxy) is 1. The largest absolute Gasteiger partial charge is 0.444 e. The molecular weight excluding hydrogens is 256 g/mol. The van der Waals surface area contributed by atoms with Crippen molar-refractivity contribution in [2.24, 2.45) is 5.92 Å². The molecule has 1 amide bonds. The maximum absolute atomic E-state index is 12.0. The van der Waals surface area contributed by atoms with Crippen LogP contribution in [0.15, 0.2) is 24.5 Å². The number of nitrogens with zero attached hydrogens (tertiary/aromatic N) is 2. The van der Waals surface area contributed by atoms with E-state index in [0.29, 0.717) is 19.5 Å². The lowest BCUT2D eigenvalue weighted by molar-refractivity contribution is 0.0270. The van der Waals surface area contributed by atoms with Crippen LogP contribution in [-0.4, -0.2) is 45.9 Å². The van der Waals surface area contributed by atoms with Crippen molar-refractivity contribution >= 4 is 6.09 Å². The van der Waals surface area contributed by atoms with Gasteiger partial charge < -0.3 is 14.7 Å². The third kappa shape index (κ3) is 3.93. The molecule has 0 bridgehead atoms. The van der Waals surface area contributed by atoms with Crippen LogP contribution in [0.2, 0.25) is 0 Å². The average molecular weight is 278 g/mol. The van der Waals surface area contributed by atoms with Crippen molar-refractivity contribution in [3.05, 3.63) is 30.1 Å². The van der Waals surface area contributed by atoms with Crippen LogP contribution in [-0.2, 0) is 11.2 Å². The first-order valence-electron chi connectivity index (χ1n) is 6.90. The number of carbonyl (C=O) groups is 1. The number of amides is 1. The molecule has 0 aliphatic carbocycles. The molecule has 1 aliphatic rings. The second-order valence-corrected chi connectivity index (χ2v) is 6.28. The number of rotatable bonds is 2. The minimum atomic E-state index is -0.511. The van der Waals surface area contributed by atoms with Crippen LogP contribution < -0.4 is 0 Å². The van der Waals surface area contributed by atoms with Gasteiger partial charge in [0.2, 0.25) is 0 Å².